The maximum atomic E-state index is 5.61. The van der Waals surface area contributed by atoms with Gasteiger partial charge in [-0.15, -0.1) is 0 Å². The van der Waals surface area contributed by atoms with Gasteiger partial charge in [-0.05, 0) is 53.5 Å². The number of rotatable bonds is 7. The molecule has 1 aromatic rings. The number of anilines is 1. The minimum atomic E-state index is 0.429. The average molecular weight is 342 g/mol. The molecule has 3 nitrogen and oxygen atoms in total. The van der Waals surface area contributed by atoms with Crippen molar-refractivity contribution in [3.63, 3.8) is 0 Å². The Labute approximate surface area is 128 Å². The molecule has 0 aromatic heterocycles. The lowest BCUT2D eigenvalue weighted by atomic mass is 10.2. The molecule has 0 amide bonds. The summed E-state index contributed by atoms with van der Waals surface area (Å²) in [7, 11) is 0. The molecule has 0 spiro atoms. The molecule has 104 valence electrons. The zero-order valence-corrected chi connectivity index (χ0v) is 13.6. The van der Waals surface area contributed by atoms with E-state index < -0.39 is 0 Å². The fraction of sp³-hybridized carbons (Fsp3) is 0.500. The summed E-state index contributed by atoms with van der Waals surface area (Å²) in [4.78, 5) is 2.96. The minimum Gasteiger partial charge on any atom is -0.389 e. The summed E-state index contributed by atoms with van der Waals surface area (Å²) in [6, 6.07) is 6.76. The first-order chi connectivity index (χ1) is 9.11. The summed E-state index contributed by atoms with van der Waals surface area (Å²) in [5.41, 5.74) is 7.59. The van der Waals surface area contributed by atoms with Crippen molar-refractivity contribution in [1.29, 1.82) is 0 Å². The Morgan fingerprint density at radius 2 is 2.26 bits per heavy atom. The van der Waals surface area contributed by atoms with Gasteiger partial charge in [-0.25, -0.2) is 0 Å². The van der Waals surface area contributed by atoms with Crippen molar-refractivity contribution in [2.24, 2.45) is 5.73 Å². The molecule has 0 unspecified atom stereocenters. The summed E-state index contributed by atoms with van der Waals surface area (Å²) in [5.74, 6) is 0. The Hall–Kier alpha value is -0.650. The summed E-state index contributed by atoms with van der Waals surface area (Å²) >= 11 is 8.52. The van der Waals surface area contributed by atoms with Gasteiger partial charge in [-0.1, -0.05) is 19.1 Å². The van der Waals surface area contributed by atoms with Gasteiger partial charge in [0.25, 0.3) is 0 Å². The molecule has 2 rings (SSSR count). The summed E-state index contributed by atoms with van der Waals surface area (Å²) in [6.07, 6.45) is 2.72. The number of nitrogens with zero attached hydrogens (tertiary/aromatic N) is 1. The number of benzene rings is 1. The number of hydrogen-bond donors (Lipinski definition) is 2. The van der Waals surface area contributed by atoms with Gasteiger partial charge in [-0.2, -0.15) is 0 Å². The maximum Gasteiger partial charge on any atom is 0.104 e. The van der Waals surface area contributed by atoms with Gasteiger partial charge in [0.2, 0.25) is 0 Å². The number of nitrogens with two attached hydrogens (primary N) is 1. The second-order valence-electron chi connectivity index (χ2n) is 4.85. The normalized spacial score (nSPS) is 14.7. The van der Waals surface area contributed by atoms with Crippen LogP contribution in [0.2, 0.25) is 0 Å². The van der Waals surface area contributed by atoms with E-state index in [-0.39, 0.29) is 0 Å². The van der Waals surface area contributed by atoms with Crippen LogP contribution in [0.1, 0.15) is 25.3 Å². The monoisotopic (exact) mass is 341 g/mol. The highest BCUT2D eigenvalue weighted by Gasteiger charge is 2.27. The average Bonchev–Trinajstić information content (AvgIpc) is 3.20. The van der Waals surface area contributed by atoms with E-state index in [9.17, 15) is 0 Å². The van der Waals surface area contributed by atoms with Crippen molar-refractivity contribution in [2.75, 3.05) is 25.0 Å². The third-order valence-electron chi connectivity index (χ3n) is 3.44. The quantitative estimate of drug-likeness (QED) is 0.748. The van der Waals surface area contributed by atoms with Crippen LogP contribution in [-0.2, 0) is 0 Å². The Morgan fingerprint density at radius 3 is 2.79 bits per heavy atom. The zero-order chi connectivity index (χ0) is 13.8. The van der Waals surface area contributed by atoms with Crippen LogP contribution in [0.5, 0.6) is 0 Å². The molecule has 1 saturated carbocycles. The van der Waals surface area contributed by atoms with Crippen molar-refractivity contribution in [3.05, 3.63) is 28.2 Å². The lowest BCUT2D eigenvalue weighted by Gasteiger charge is -2.20. The number of hydrogen-bond acceptors (Lipinski definition) is 3. The first kappa shape index (κ1) is 14.8. The van der Waals surface area contributed by atoms with Gasteiger partial charge in [-0.3, -0.25) is 4.90 Å². The van der Waals surface area contributed by atoms with Gasteiger partial charge in [0.05, 0.1) is 0 Å². The lowest BCUT2D eigenvalue weighted by Crippen LogP contribution is -2.30. The van der Waals surface area contributed by atoms with Gasteiger partial charge in [0, 0.05) is 34.9 Å². The van der Waals surface area contributed by atoms with Crippen LogP contribution in [0.15, 0.2) is 22.7 Å². The molecule has 0 radical (unpaired) electrons. The van der Waals surface area contributed by atoms with E-state index in [1.165, 1.54) is 12.8 Å². The van der Waals surface area contributed by atoms with Gasteiger partial charge in [0.1, 0.15) is 4.99 Å². The van der Waals surface area contributed by atoms with Crippen LogP contribution < -0.4 is 11.1 Å². The number of nitrogens with one attached hydrogen (secondary N) is 1. The molecule has 19 heavy (non-hydrogen) atoms. The Balaban J connectivity index is 1.87. The smallest absolute Gasteiger partial charge is 0.104 e. The summed E-state index contributed by atoms with van der Waals surface area (Å²) in [5, 5.41) is 3.45. The van der Waals surface area contributed by atoms with Crippen molar-refractivity contribution >= 4 is 38.8 Å². The largest absolute Gasteiger partial charge is 0.389 e. The number of likely N-dealkylation sites (N-methyl/N-ethyl adjacent to an activating group) is 1. The maximum absolute atomic E-state index is 5.61. The number of thiocarbonyl (C=S) groups is 1. The van der Waals surface area contributed by atoms with Crippen LogP contribution >= 0.6 is 28.1 Å². The summed E-state index contributed by atoms with van der Waals surface area (Å²) in [6.45, 7) is 5.40. The van der Waals surface area contributed by atoms with Crippen molar-refractivity contribution in [3.8, 4) is 0 Å². The Kier molecular flexibility index (Phi) is 5.19. The predicted octanol–water partition coefficient (Wildman–Crippen LogP) is 2.98. The zero-order valence-electron chi connectivity index (χ0n) is 11.2. The topological polar surface area (TPSA) is 41.3 Å². The first-order valence-corrected chi connectivity index (χ1v) is 7.89. The predicted molar refractivity (Wildman–Crippen MR) is 88.8 cm³/mol. The van der Waals surface area contributed by atoms with Gasteiger partial charge < -0.3 is 11.1 Å². The highest BCUT2D eigenvalue weighted by Crippen LogP contribution is 2.26. The van der Waals surface area contributed by atoms with Crippen LogP contribution in [0.3, 0.4) is 0 Å². The highest BCUT2D eigenvalue weighted by molar-refractivity contribution is 9.10. The van der Waals surface area contributed by atoms with Gasteiger partial charge in [0.15, 0.2) is 0 Å². The fourth-order valence-electron chi connectivity index (χ4n) is 2.18. The van der Waals surface area contributed by atoms with Crippen LogP contribution in [0.4, 0.5) is 5.69 Å². The molecule has 1 aliphatic carbocycles. The standard InChI is InChI=1S/C14H20BrN3S/c1-2-18(11-4-5-11)8-7-17-13-6-3-10(14(16)19)9-12(13)15/h3,6,9,11,17H,2,4-5,7-8H2,1H3,(H2,16,19). The van der Waals surface area contributed by atoms with E-state index in [2.05, 4.69) is 33.1 Å². The van der Waals surface area contributed by atoms with Crippen molar-refractivity contribution in [1.82, 2.24) is 4.90 Å². The van der Waals surface area contributed by atoms with E-state index in [0.29, 0.717) is 4.99 Å². The molecule has 0 saturated heterocycles. The van der Waals surface area contributed by atoms with Crippen LogP contribution in [-0.4, -0.2) is 35.6 Å². The molecule has 5 heteroatoms. The molecule has 1 fully saturated rings. The van der Waals surface area contributed by atoms with E-state index in [1.54, 1.807) is 0 Å². The van der Waals surface area contributed by atoms with E-state index in [0.717, 1.165) is 41.4 Å². The molecule has 3 N–H and O–H groups in total. The highest BCUT2D eigenvalue weighted by atomic mass is 79.9. The van der Waals surface area contributed by atoms with E-state index in [1.807, 2.05) is 18.2 Å². The second kappa shape index (κ2) is 6.68. The summed E-state index contributed by atoms with van der Waals surface area (Å²) < 4.78 is 1.01. The molecule has 1 aliphatic rings. The minimum absolute atomic E-state index is 0.429. The Morgan fingerprint density at radius 1 is 1.53 bits per heavy atom. The first-order valence-electron chi connectivity index (χ1n) is 6.69. The van der Waals surface area contributed by atoms with E-state index >= 15 is 0 Å². The molecule has 0 aliphatic heterocycles. The molecule has 0 atom stereocenters. The third-order valence-corrected chi connectivity index (χ3v) is 4.33. The second-order valence-corrected chi connectivity index (χ2v) is 6.14. The number of halogens is 1. The molecule has 0 heterocycles. The molecular formula is C14H20BrN3S. The SMILES string of the molecule is CCN(CCNc1ccc(C(N)=S)cc1Br)C1CC1. The molecule has 0 bridgehead atoms. The molecule has 1 aromatic carbocycles. The van der Waals surface area contributed by atoms with Gasteiger partial charge >= 0.3 is 0 Å². The Bertz CT molecular complexity index is 460. The lowest BCUT2D eigenvalue weighted by molar-refractivity contribution is 0.289. The van der Waals surface area contributed by atoms with Crippen molar-refractivity contribution in [2.45, 2.75) is 25.8 Å². The third kappa shape index (κ3) is 4.16. The fourth-order valence-corrected chi connectivity index (χ4v) is 2.83. The van der Waals surface area contributed by atoms with Crippen LogP contribution in [0.25, 0.3) is 0 Å². The molecular weight excluding hydrogens is 322 g/mol. The van der Waals surface area contributed by atoms with Crippen LogP contribution in [0, 0.1) is 0 Å². The van der Waals surface area contributed by atoms with Crippen molar-refractivity contribution < 1.29 is 0 Å². The van der Waals surface area contributed by atoms with E-state index in [4.69, 9.17) is 18.0 Å².